The Bertz CT molecular complexity index is 405. The number of amides is 1. The molecule has 3 heteroatoms. The van der Waals surface area contributed by atoms with Crippen molar-refractivity contribution >= 4 is 5.91 Å². The minimum atomic E-state index is -0.297. The van der Waals surface area contributed by atoms with Gasteiger partial charge >= 0.3 is 0 Å². The summed E-state index contributed by atoms with van der Waals surface area (Å²) in [5.41, 5.74) is 13.7. The quantitative estimate of drug-likeness (QED) is 0.793. The van der Waals surface area contributed by atoms with Crippen LogP contribution in [0.5, 0.6) is 0 Å². The summed E-state index contributed by atoms with van der Waals surface area (Å²) in [6.07, 6.45) is 4.09. The lowest BCUT2D eigenvalue weighted by Crippen LogP contribution is -2.36. The van der Waals surface area contributed by atoms with Crippen LogP contribution in [0, 0.1) is 0 Å². The number of primary amides is 1. The maximum atomic E-state index is 11.2. The summed E-state index contributed by atoms with van der Waals surface area (Å²) in [6.45, 7) is 6.13. The van der Waals surface area contributed by atoms with Crippen molar-refractivity contribution in [3.05, 3.63) is 35.4 Å². The molecule has 1 amide bonds. The molecule has 106 valence electrons. The predicted octanol–water partition coefficient (Wildman–Crippen LogP) is 3.03. The zero-order chi connectivity index (χ0) is 14.5. The van der Waals surface area contributed by atoms with E-state index in [4.69, 9.17) is 11.5 Å². The van der Waals surface area contributed by atoms with Crippen molar-refractivity contribution < 1.29 is 4.79 Å². The highest BCUT2D eigenvalue weighted by Crippen LogP contribution is 2.29. The largest absolute Gasteiger partial charge is 0.369 e. The molecule has 0 heterocycles. The van der Waals surface area contributed by atoms with E-state index in [0.29, 0.717) is 0 Å². The van der Waals surface area contributed by atoms with Gasteiger partial charge in [0, 0.05) is 5.54 Å². The monoisotopic (exact) mass is 262 g/mol. The first-order valence-corrected chi connectivity index (χ1v) is 7.13. The van der Waals surface area contributed by atoms with Crippen molar-refractivity contribution in [3.8, 4) is 0 Å². The first-order valence-electron chi connectivity index (χ1n) is 7.13. The number of nitrogens with two attached hydrogens (primary N) is 2. The molecule has 0 fully saturated rings. The average Bonchev–Trinajstić information content (AvgIpc) is 2.38. The van der Waals surface area contributed by atoms with Crippen LogP contribution in [0.1, 0.15) is 63.5 Å². The van der Waals surface area contributed by atoms with Crippen LogP contribution in [0.2, 0.25) is 0 Å². The third kappa shape index (κ3) is 3.80. The minimum Gasteiger partial charge on any atom is -0.369 e. The molecule has 1 unspecified atom stereocenters. The van der Waals surface area contributed by atoms with E-state index in [0.717, 1.165) is 36.8 Å². The second-order valence-corrected chi connectivity index (χ2v) is 5.40. The fourth-order valence-corrected chi connectivity index (χ4v) is 2.57. The molecule has 0 aromatic heterocycles. The zero-order valence-electron chi connectivity index (χ0n) is 12.3. The first-order chi connectivity index (χ1) is 8.94. The number of hydrogen-bond acceptors (Lipinski definition) is 2. The van der Waals surface area contributed by atoms with Gasteiger partial charge in [0.15, 0.2) is 0 Å². The van der Waals surface area contributed by atoms with Gasteiger partial charge in [-0.1, -0.05) is 51.0 Å². The summed E-state index contributed by atoms with van der Waals surface area (Å²) in [7, 11) is 0. The van der Waals surface area contributed by atoms with E-state index in [9.17, 15) is 4.79 Å². The van der Waals surface area contributed by atoms with Gasteiger partial charge in [-0.15, -0.1) is 0 Å². The summed E-state index contributed by atoms with van der Waals surface area (Å²) in [4.78, 5) is 11.2. The molecule has 1 aromatic rings. The molecule has 1 rings (SSSR count). The molecular formula is C16H26N2O. The second kappa shape index (κ2) is 6.71. The highest BCUT2D eigenvalue weighted by molar-refractivity contribution is 5.81. The van der Waals surface area contributed by atoms with Crippen LogP contribution in [0.25, 0.3) is 0 Å². The Morgan fingerprint density at radius 3 is 2.00 bits per heavy atom. The summed E-state index contributed by atoms with van der Waals surface area (Å²) in [6, 6.07) is 8.02. The van der Waals surface area contributed by atoms with Crippen molar-refractivity contribution in [2.24, 2.45) is 11.5 Å². The maximum Gasteiger partial charge on any atom is 0.224 e. The van der Waals surface area contributed by atoms with Crippen LogP contribution in [0.4, 0.5) is 0 Å². The van der Waals surface area contributed by atoms with Gasteiger partial charge in [0.05, 0.1) is 5.92 Å². The SMILES string of the molecule is CCCC(N)(CCC)c1ccc(C(C)C(N)=O)cc1. The van der Waals surface area contributed by atoms with Crippen molar-refractivity contribution in [1.82, 2.24) is 0 Å². The standard InChI is InChI=1S/C16H26N2O/c1-4-10-16(18,11-5-2)14-8-6-13(7-9-14)12(3)15(17)19/h6-9,12H,4-5,10-11,18H2,1-3H3,(H2,17,19). The highest BCUT2D eigenvalue weighted by atomic mass is 16.1. The summed E-state index contributed by atoms with van der Waals surface area (Å²) in [5, 5.41) is 0. The van der Waals surface area contributed by atoms with Gasteiger partial charge in [-0.05, 0) is 30.9 Å². The second-order valence-electron chi connectivity index (χ2n) is 5.40. The van der Waals surface area contributed by atoms with Crippen LogP contribution in [-0.4, -0.2) is 5.91 Å². The fourth-order valence-electron chi connectivity index (χ4n) is 2.57. The van der Waals surface area contributed by atoms with E-state index in [1.165, 1.54) is 0 Å². The highest BCUT2D eigenvalue weighted by Gasteiger charge is 2.25. The van der Waals surface area contributed by atoms with Gasteiger partial charge in [0.1, 0.15) is 0 Å². The molecule has 0 saturated heterocycles. The van der Waals surface area contributed by atoms with Crippen LogP contribution in [-0.2, 0) is 10.3 Å². The van der Waals surface area contributed by atoms with E-state index in [-0.39, 0.29) is 17.4 Å². The smallest absolute Gasteiger partial charge is 0.224 e. The summed E-state index contributed by atoms with van der Waals surface area (Å²) >= 11 is 0. The molecule has 1 aromatic carbocycles. The summed E-state index contributed by atoms with van der Waals surface area (Å²) in [5.74, 6) is -0.549. The fraction of sp³-hybridized carbons (Fsp3) is 0.562. The molecule has 0 bridgehead atoms. The molecule has 0 aliphatic rings. The van der Waals surface area contributed by atoms with Gasteiger partial charge in [0.25, 0.3) is 0 Å². The van der Waals surface area contributed by atoms with E-state index in [1.54, 1.807) is 0 Å². The molecule has 0 aliphatic carbocycles. The van der Waals surface area contributed by atoms with Crippen LogP contribution >= 0.6 is 0 Å². The van der Waals surface area contributed by atoms with Gasteiger partial charge in [-0.2, -0.15) is 0 Å². The molecule has 0 spiro atoms. The van der Waals surface area contributed by atoms with Crippen LogP contribution in [0.3, 0.4) is 0 Å². The van der Waals surface area contributed by atoms with Gasteiger partial charge in [0.2, 0.25) is 5.91 Å². The van der Waals surface area contributed by atoms with E-state index in [1.807, 2.05) is 31.2 Å². The Kier molecular flexibility index (Phi) is 5.55. The van der Waals surface area contributed by atoms with E-state index >= 15 is 0 Å². The number of carbonyl (C=O) groups excluding carboxylic acids is 1. The molecule has 0 aliphatic heterocycles. The predicted molar refractivity (Wildman–Crippen MR) is 79.7 cm³/mol. The van der Waals surface area contributed by atoms with Gasteiger partial charge in [-0.3, -0.25) is 4.79 Å². The summed E-state index contributed by atoms with van der Waals surface area (Å²) < 4.78 is 0. The Hall–Kier alpha value is -1.35. The van der Waals surface area contributed by atoms with Crippen molar-refractivity contribution in [3.63, 3.8) is 0 Å². The lowest BCUT2D eigenvalue weighted by Gasteiger charge is -2.30. The number of benzene rings is 1. The lowest BCUT2D eigenvalue weighted by atomic mass is 9.82. The lowest BCUT2D eigenvalue weighted by molar-refractivity contribution is -0.119. The molecule has 3 nitrogen and oxygen atoms in total. The van der Waals surface area contributed by atoms with Gasteiger partial charge < -0.3 is 11.5 Å². The minimum absolute atomic E-state index is 0.251. The van der Waals surface area contributed by atoms with Crippen LogP contribution < -0.4 is 11.5 Å². The average molecular weight is 262 g/mol. The Morgan fingerprint density at radius 2 is 1.63 bits per heavy atom. The molecular weight excluding hydrogens is 236 g/mol. The van der Waals surface area contributed by atoms with Crippen LogP contribution in [0.15, 0.2) is 24.3 Å². The van der Waals surface area contributed by atoms with Crippen molar-refractivity contribution in [1.29, 1.82) is 0 Å². The molecule has 0 radical (unpaired) electrons. The Balaban J connectivity index is 2.98. The number of carbonyl (C=O) groups is 1. The number of rotatable bonds is 7. The zero-order valence-corrected chi connectivity index (χ0v) is 12.3. The molecule has 1 atom stereocenters. The third-order valence-electron chi connectivity index (χ3n) is 3.80. The first kappa shape index (κ1) is 15.7. The number of hydrogen-bond donors (Lipinski definition) is 2. The van der Waals surface area contributed by atoms with Crippen molar-refractivity contribution in [2.45, 2.75) is 57.9 Å². The molecule has 4 N–H and O–H groups in total. The maximum absolute atomic E-state index is 11.2. The van der Waals surface area contributed by atoms with E-state index in [2.05, 4.69) is 13.8 Å². The third-order valence-corrected chi connectivity index (χ3v) is 3.80. The van der Waals surface area contributed by atoms with Gasteiger partial charge in [-0.25, -0.2) is 0 Å². The molecule has 0 saturated carbocycles. The van der Waals surface area contributed by atoms with Crippen molar-refractivity contribution in [2.75, 3.05) is 0 Å². The Labute approximate surface area is 116 Å². The topological polar surface area (TPSA) is 69.1 Å². The molecule has 19 heavy (non-hydrogen) atoms. The normalized spacial score (nSPS) is 13.3. The van der Waals surface area contributed by atoms with E-state index < -0.39 is 0 Å². The Morgan fingerprint density at radius 1 is 1.16 bits per heavy atom.